The molecule has 0 unspecified atom stereocenters. The van der Waals surface area contributed by atoms with E-state index in [0.717, 1.165) is 60.5 Å². The lowest BCUT2D eigenvalue weighted by molar-refractivity contribution is 0.357. The van der Waals surface area contributed by atoms with Gasteiger partial charge in [0.1, 0.15) is 5.75 Å². The minimum absolute atomic E-state index is 0. The SMILES string of the molecule is CN=C(NCCc1ccc2c(c1)CCO2)NCc1ccc(-n2nc(C)cc2C)nc1.I. The lowest BCUT2D eigenvalue weighted by Crippen LogP contribution is -2.37. The van der Waals surface area contributed by atoms with Crippen LogP contribution in [0, 0.1) is 13.8 Å². The molecule has 1 aromatic carbocycles. The number of nitrogens with zero attached hydrogens (tertiary/aromatic N) is 4. The average Bonchev–Trinajstić information content (AvgIpc) is 3.36. The normalized spacial score (nSPS) is 12.7. The molecule has 0 atom stereocenters. The molecular weight excluding hydrogens is 503 g/mol. The van der Waals surface area contributed by atoms with Crippen molar-refractivity contribution in [3.8, 4) is 11.6 Å². The molecule has 164 valence electrons. The van der Waals surface area contributed by atoms with Crippen molar-refractivity contribution in [1.82, 2.24) is 25.4 Å². The number of halogens is 1. The molecule has 0 amide bonds. The summed E-state index contributed by atoms with van der Waals surface area (Å²) in [6, 6.07) is 12.6. The Bertz CT molecular complexity index is 1040. The highest BCUT2D eigenvalue weighted by Gasteiger charge is 2.12. The number of ether oxygens (including phenoxy) is 1. The minimum Gasteiger partial charge on any atom is -0.493 e. The lowest BCUT2D eigenvalue weighted by atomic mass is 10.1. The first-order valence-electron chi connectivity index (χ1n) is 10.3. The van der Waals surface area contributed by atoms with Crippen molar-refractivity contribution in [1.29, 1.82) is 0 Å². The Kier molecular flexibility index (Phi) is 7.89. The molecule has 0 saturated heterocycles. The summed E-state index contributed by atoms with van der Waals surface area (Å²) >= 11 is 0. The smallest absolute Gasteiger partial charge is 0.191 e. The average molecular weight is 532 g/mol. The fraction of sp³-hybridized carbons (Fsp3) is 0.348. The highest BCUT2D eigenvalue weighted by molar-refractivity contribution is 14.0. The van der Waals surface area contributed by atoms with E-state index in [-0.39, 0.29) is 24.0 Å². The number of aryl methyl sites for hydroxylation is 2. The van der Waals surface area contributed by atoms with Gasteiger partial charge in [-0.25, -0.2) is 9.67 Å². The van der Waals surface area contributed by atoms with Crippen LogP contribution in [0.5, 0.6) is 5.75 Å². The van der Waals surface area contributed by atoms with Gasteiger partial charge in [0.05, 0.1) is 12.3 Å². The predicted molar refractivity (Wildman–Crippen MR) is 134 cm³/mol. The highest BCUT2D eigenvalue weighted by Crippen LogP contribution is 2.25. The van der Waals surface area contributed by atoms with Crippen molar-refractivity contribution in [2.45, 2.75) is 33.2 Å². The molecule has 1 aliphatic rings. The Hall–Kier alpha value is -2.62. The second-order valence-corrected chi connectivity index (χ2v) is 7.51. The van der Waals surface area contributed by atoms with E-state index in [1.54, 1.807) is 7.05 Å². The number of aliphatic imine (C=N–C) groups is 1. The van der Waals surface area contributed by atoms with E-state index in [0.29, 0.717) is 6.54 Å². The Morgan fingerprint density at radius 1 is 1.13 bits per heavy atom. The molecule has 1 aliphatic heterocycles. The molecule has 31 heavy (non-hydrogen) atoms. The predicted octanol–water partition coefficient (Wildman–Crippen LogP) is 3.34. The van der Waals surface area contributed by atoms with Gasteiger partial charge in [-0.2, -0.15) is 5.10 Å². The number of guanidine groups is 1. The molecule has 2 aromatic heterocycles. The number of rotatable bonds is 6. The number of benzene rings is 1. The Balaban J connectivity index is 0.00000272. The number of nitrogens with one attached hydrogen (secondary N) is 2. The Morgan fingerprint density at radius 3 is 2.68 bits per heavy atom. The topological polar surface area (TPSA) is 76.4 Å². The number of aromatic nitrogens is 3. The third-order valence-electron chi connectivity index (χ3n) is 5.18. The summed E-state index contributed by atoms with van der Waals surface area (Å²) in [7, 11) is 1.78. The zero-order valence-electron chi connectivity index (χ0n) is 18.2. The van der Waals surface area contributed by atoms with Crippen molar-refractivity contribution in [2.24, 2.45) is 4.99 Å². The van der Waals surface area contributed by atoms with Gasteiger partial charge < -0.3 is 15.4 Å². The van der Waals surface area contributed by atoms with Gasteiger partial charge in [-0.1, -0.05) is 18.2 Å². The fourth-order valence-electron chi connectivity index (χ4n) is 3.63. The number of fused-ring (bicyclic) bond motifs is 1. The zero-order chi connectivity index (χ0) is 20.9. The molecule has 0 bridgehead atoms. The van der Waals surface area contributed by atoms with Gasteiger partial charge in [-0.05, 0) is 55.2 Å². The third-order valence-corrected chi connectivity index (χ3v) is 5.18. The third kappa shape index (κ3) is 5.75. The molecule has 0 fully saturated rings. The maximum Gasteiger partial charge on any atom is 0.191 e. The van der Waals surface area contributed by atoms with E-state index < -0.39 is 0 Å². The van der Waals surface area contributed by atoms with Crippen LogP contribution in [0.4, 0.5) is 0 Å². The van der Waals surface area contributed by atoms with Crippen LogP contribution in [0.3, 0.4) is 0 Å². The molecule has 0 spiro atoms. The Morgan fingerprint density at radius 2 is 1.97 bits per heavy atom. The first-order chi connectivity index (χ1) is 14.6. The van der Waals surface area contributed by atoms with E-state index >= 15 is 0 Å². The summed E-state index contributed by atoms with van der Waals surface area (Å²) in [6.45, 7) is 6.28. The molecule has 4 rings (SSSR count). The highest BCUT2D eigenvalue weighted by atomic mass is 127. The first kappa shape index (κ1) is 23.1. The van der Waals surface area contributed by atoms with Gasteiger partial charge in [0.25, 0.3) is 0 Å². The zero-order valence-corrected chi connectivity index (χ0v) is 20.5. The van der Waals surface area contributed by atoms with Crippen molar-refractivity contribution in [2.75, 3.05) is 20.2 Å². The minimum atomic E-state index is 0. The maximum absolute atomic E-state index is 5.57. The molecule has 7 nitrogen and oxygen atoms in total. The molecule has 0 aliphatic carbocycles. The van der Waals surface area contributed by atoms with Crippen LogP contribution >= 0.6 is 24.0 Å². The number of hydrogen-bond acceptors (Lipinski definition) is 4. The van der Waals surface area contributed by atoms with Crippen molar-refractivity contribution < 1.29 is 4.74 Å². The monoisotopic (exact) mass is 532 g/mol. The second kappa shape index (κ2) is 10.6. The Labute approximate surface area is 200 Å². The van der Waals surface area contributed by atoms with E-state index in [4.69, 9.17) is 4.74 Å². The van der Waals surface area contributed by atoms with Crippen LogP contribution in [0.25, 0.3) is 5.82 Å². The standard InChI is InChI=1S/C23H28N6O.HI/c1-16-12-17(2)29(28-16)22-7-5-19(14-26-22)15-27-23(24-3)25-10-8-18-4-6-21-20(13-18)9-11-30-21;/h4-7,12-14H,8-11,15H2,1-3H3,(H2,24,25,27);1H. The van der Waals surface area contributed by atoms with E-state index in [9.17, 15) is 0 Å². The summed E-state index contributed by atoms with van der Waals surface area (Å²) in [4.78, 5) is 8.86. The van der Waals surface area contributed by atoms with Crippen molar-refractivity contribution in [3.63, 3.8) is 0 Å². The molecule has 8 heteroatoms. The first-order valence-corrected chi connectivity index (χ1v) is 10.3. The fourth-order valence-corrected chi connectivity index (χ4v) is 3.63. The van der Waals surface area contributed by atoms with Crippen molar-refractivity contribution >= 4 is 29.9 Å². The molecule has 0 saturated carbocycles. The number of hydrogen-bond donors (Lipinski definition) is 2. The van der Waals surface area contributed by atoms with Crippen LogP contribution < -0.4 is 15.4 Å². The van der Waals surface area contributed by atoms with E-state index in [1.807, 2.05) is 36.9 Å². The molecular formula is C23H29IN6O. The molecule has 3 heterocycles. The van der Waals surface area contributed by atoms with Gasteiger partial charge in [0.2, 0.25) is 0 Å². The summed E-state index contributed by atoms with van der Waals surface area (Å²) in [5.74, 6) is 2.63. The van der Waals surface area contributed by atoms with Crippen LogP contribution in [0.1, 0.15) is 28.1 Å². The van der Waals surface area contributed by atoms with Gasteiger partial charge in [0.15, 0.2) is 11.8 Å². The summed E-state index contributed by atoms with van der Waals surface area (Å²) in [5, 5.41) is 11.2. The molecule has 2 N–H and O–H groups in total. The summed E-state index contributed by atoms with van der Waals surface area (Å²) in [6.07, 6.45) is 3.82. The number of pyridine rings is 1. The summed E-state index contributed by atoms with van der Waals surface area (Å²) in [5.41, 5.74) is 5.77. The molecule has 3 aromatic rings. The van der Waals surface area contributed by atoms with E-state index in [2.05, 4.69) is 50.0 Å². The van der Waals surface area contributed by atoms with E-state index in [1.165, 1.54) is 11.1 Å². The van der Waals surface area contributed by atoms with Crippen LogP contribution in [0.2, 0.25) is 0 Å². The lowest BCUT2D eigenvalue weighted by Gasteiger charge is -2.12. The molecule has 0 radical (unpaired) electrons. The van der Waals surface area contributed by atoms with Crippen LogP contribution in [-0.4, -0.2) is 40.9 Å². The van der Waals surface area contributed by atoms with Gasteiger partial charge in [0, 0.05) is 38.4 Å². The van der Waals surface area contributed by atoms with Gasteiger partial charge in [-0.3, -0.25) is 4.99 Å². The van der Waals surface area contributed by atoms with Gasteiger partial charge in [-0.15, -0.1) is 24.0 Å². The summed E-state index contributed by atoms with van der Waals surface area (Å²) < 4.78 is 7.43. The second-order valence-electron chi connectivity index (χ2n) is 7.51. The quantitative estimate of drug-likeness (QED) is 0.290. The van der Waals surface area contributed by atoms with Gasteiger partial charge >= 0.3 is 0 Å². The van der Waals surface area contributed by atoms with Crippen LogP contribution in [-0.2, 0) is 19.4 Å². The maximum atomic E-state index is 5.57. The largest absolute Gasteiger partial charge is 0.493 e. The van der Waals surface area contributed by atoms with Crippen LogP contribution in [0.15, 0.2) is 47.6 Å². The van der Waals surface area contributed by atoms with Crippen molar-refractivity contribution in [3.05, 3.63) is 70.7 Å².